The predicted octanol–water partition coefficient (Wildman–Crippen LogP) is 3.51. The number of anilines is 1. The monoisotopic (exact) mass is 421 g/mol. The van der Waals surface area contributed by atoms with Crippen molar-refractivity contribution >= 4 is 29.3 Å². The minimum Gasteiger partial charge on any atom is -0.349 e. The largest absolute Gasteiger partial charge is 0.349 e. The fraction of sp³-hybridized carbons (Fsp3) is 0.273. The molecule has 1 aliphatic carbocycles. The smallest absolute Gasteiger partial charge is 0.251 e. The third-order valence-corrected chi connectivity index (χ3v) is 5.72. The molecular formula is C22H23N5O2S. The summed E-state index contributed by atoms with van der Waals surface area (Å²) in [7, 11) is 0. The maximum Gasteiger partial charge on any atom is 0.251 e. The van der Waals surface area contributed by atoms with Crippen LogP contribution in [0, 0.1) is 13.8 Å². The molecule has 7 nitrogen and oxygen atoms in total. The average Bonchev–Trinajstić information content (AvgIpc) is 3.41. The Bertz CT molecular complexity index is 1090. The van der Waals surface area contributed by atoms with Gasteiger partial charge in [0.05, 0.1) is 11.4 Å². The molecule has 8 heteroatoms. The van der Waals surface area contributed by atoms with Crippen molar-refractivity contribution in [3.8, 4) is 5.69 Å². The lowest BCUT2D eigenvalue weighted by atomic mass is 10.1. The van der Waals surface area contributed by atoms with Crippen molar-refractivity contribution in [1.29, 1.82) is 0 Å². The van der Waals surface area contributed by atoms with Gasteiger partial charge in [-0.1, -0.05) is 35.5 Å². The van der Waals surface area contributed by atoms with Gasteiger partial charge in [-0.25, -0.2) is 0 Å². The van der Waals surface area contributed by atoms with Crippen LogP contribution < -0.4 is 10.6 Å². The number of rotatable bonds is 7. The van der Waals surface area contributed by atoms with Gasteiger partial charge in [-0.05, 0) is 56.5 Å². The maximum absolute atomic E-state index is 12.4. The van der Waals surface area contributed by atoms with Gasteiger partial charge in [-0.2, -0.15) is 0 Å². The van der Waals surface area contributed by atoms with E-state index >= 15 is 0 Å². The molecule has 0 aliphatic heterocycles. The van der Waals surface area contributed by atoms with E-state index in [0.717, 1.165) is 24.1 Å². The lowest BCUT2D eigenvalue weighted by molar-refractivity contribution is -0.113. The van der Waals surface area contributed by atoms with Crippen LogP contribution in [0.1, 0.15) is 34.3 Å². The molecule has 4 rings (SSSR count). The minimum atomic E-state index is -0.171. The number of hydrogen-bond acceptors (Lipinski definition) is 5. The van der Waals surface area contributed by atoms with Crippen molar-refractivity contribution in [3.63, 3.8) is 0 Å². The second-order valence-corrected chi connectivity index (χ2v) is 8.38. The van der Waals surface area contributed by atoms with Crippen LogP contribution in [0.2, 0.25) is 0 Å². The van der Waals surface area contributed by atoms with Crippen LogP contribution in [-0.2, 0) is 4.79 Å². The van der Waals surface area contributed by atoms with E-state index in [-0.39, 0.29) is 17.6 Å². The summed E-state index contributed by atoms with van der Waals surface area (Å²) in [5, 5.41) is 14.6. The second kappa shape index (κ2) is 8.71. The SMILES string of the molecule is Cc1ccc(-n2cnnc2SCC(=O)Nc2cccc(C(=O)NC3CC3)c2)c(C)c1. The van der Waals surface area contributed by atoms with Gasteiger partial charge in [0.25, 0.3) is 5.91 Å². The van der Waals surface area contributed by atoms with Gasteiger partial charge >= 0.3 is 0 Å². The topological polar surface area (TPSA) is 88.9 Å². The number of carbonyl (C=O) groups excluding carboxylic acids is 2. The van der Waals surface area contributed by atoms with E-state index < -0.39 is 0 Å². The van der Waals surface area contributed by atoms with Gasteiger partial charge in [0.1, 0.15) is 6.33 Å². The summed E-state index contributed by atoms with van der Waals surface area (Å²) in [5.41, 5.74) is 4.43. The number of carbonyl (C=O) groups is 2. The first-order valence-corrected chi connectivity index (χ1v) is 10.8. The predicted molar refractivity (Wildman–Crippen MR) is 117 cm³/mol. The van der Waals surface area contributed by atoms with Gasteiger partial charge in [0, 0.05) is 17.3 Å². The van der Waals surface area contributed by atoms with E-state index in [4.69, 9.17) is 0 Å². The molecule has 1 saturated carbocycles. The molecule has 0 saturated heterocycles. The summed E-state index contributed by atoms with van der Waals surface area (Å²) >= 11 is 1.31. The molecule has 3 aromatic rings. The molecule has 1 aromatic heterocycles. The summed E-state index contributed by atoms with van der Waals surface area (Å²) < 4.78 is 1.88. The molecule has 2 N–H and O–H groups in total. The number of thioether (sulfide) groups is 1. The van der Waals surface area contributed by atoms with Gasteiger partial charge in [-0.15, -0.1) is 10.2 Å². The number of nitrogens with one attached hydrogen (secondary N) is 2. The molecule has 0 unspecified atom stereocenters. The Hall–Kier alpha value is -3.13. The van der Waals surface area contributed by atoms with Crippen LogP contribution in [-0.4, -0.2) is 38.4 Å². The molecule has 0 radical (unpaired) electrons. The normalized spacial score (nSPS) is 13.1. The summed E-state index contributed by atoms with van der Waals surface area (Å²) in [6.07, 6.45) is 3.72. The van der Waals surface area contributed by atoms with Crippen LogP contribution in [0.5, 0.6) is 0 Å². The fourth-order valence-electron chi connectivity index (χ4n) is 3.13. The molecule has 2 aromatic carbocycles. The number of aryl methyl sites for hydroxylation is 2. The number of amides is 2. The van der Waals surface area contributed by atoms with Crippen LogP contribution in [0.15, 0.2) is 53.9 Å². The molecule has 2 amide bonds. The Kier molecular flexibility index (Phi) is 5.85. The number of aromatic nitrogens is 3. The molecule has 0 bridgehead atoms. The van der Waals surface area contributed by atoms with Gasteiger partial charge < -0.3 is 10.6 Å². The highest BCUT2D eigenvalue weighted by Crippen LogP contribution is 2.23. The summed E-state index contributed by atoms with van der Waals surface area (Å²) in [6, 6.07) is 13.4. The maximum atomic E-state index is 12.4. The highest BCUT2D eigenvalue weighted by molar-refractivity contribution is 7.99. The van der Waals surface area contributed by atoms with Crippen molar-refractivity contribution in [1.82, 2.24) is 20.1 Å². The Labute approximate surface area is 179 Å². The van der Waals surface area contributed by atoms with E-state index in [0.29, 0.717) is 22.4 Å². The zero-order chi connectivity index (χ0) is 21.1. The van der Waals surface area contributed by atoms with Crippen molar-refractivity contribution in [2.75, 3.05) is 11.1 Å². The van der Waals surface area contributed by atoms with E-state index in [2.05, 4.69) is 26.9 Å². The number of nitrogens with zero attached hydrogens (tertiary/aromatic N) is 3. The standard InChI is InChI=1S/C22H23N5O2S/c1-14-6-9-19(15(2)10-14)27-13-23-26-22(27)30-12-20(28)24-18-5-3-4-16(11-18)21(29)25-17-7-8-17/h3-6,9-11,13,17H,7-8,12H2,1-2H3,(H,24,28)(H,25,29). The zero-order valence-corrected chi connectivity index (χ0v) is 17.7. The van der Waals surface area contributed by atoms with Gasteiger partial charge in [-0.3, -0.25) is 14.2 Å². The Balaban J connectivity index is 1.38. The van der Waals surface area contributed by atoms with E-state index in [9.17, 15) is 9.59 Å². The Morgan fingerprint density at radius 2 is 2.00 bits per heavy atom. The second-order valence-electron chi connectivity index (χ2n) is 7.44. The number of hydrogen-bond donors (Lipinski definition) is 2. The highest BCUT2D eigenvalue weighted by Gasteiger charge is 2.23. The zero-order valence-electron chi connectivity index (χ0n) is 16.9. The summed E-state index contributed by atoms with van der Waals surface area (Å²) in [4.78, 5) is 24.6. The molecule has 1 fully saturated rings. The first-order chi connectivity index (χ1) is 14.5. The fourth-order valence-corrected chi connectivity index (χ4v) is 3.85. The van der Waals surface area contributed by atoms with Crippen molar-refractivity contribution in [2.45, 2.75) is 37.9 Å². The first kappa shape index (κ1) is 20.2. The molecule has 154 valence electrons. The quantitative estimate of drug-likeness (QED) is 0.570. The van der Waals surface area contributed by atoms with Crippen LogP contribution in [0.4, 0.5) is 5.69 Å². The third-order valence-electron chi connectivity index (χ3n) is 4.78. The van der Waals surface area contributed by atoms with Crippen LogP contribution >= 0.6 is 11.8 Å². The molecular weight excluding hydrogens is 398 g/mol. The van der Waals surface area contributed by atoms with Gasteiger partial charge in [0.15, 0.2) is 5.16 Å². The van der Waals surface area contributed by atoms with E-state index in [1.54, 1.807) is 30.6 Å². The van der Waals surface area contributed by atoms with Gasteiger partial charge in [0.2, 0.25) is 5.91 Å². The van der Waals surface area contributed by atoms with Crippen molar-refractivity contribution in [3.05, 3.63) is 65.5 Å². The summed E-state index contributed by atoms with van der Waals surface area (Å²) in [6.45, 7) is 4.09. The number of benzene rings is 2. The first-order valence-electron chi connectivity index (χ1n) is 9.81. The highest BCUT2D eigenvalue weighted by atomic mass is 32.2. The molecule has 30 heavy (non-hydrogen) atoms. The molecule has 1 heterocycles. The molecule has 0 atom stereocenters. The Morgan fingerprint density at radius 3 is 2.77 bits per heavy atom. The minimum absolute atomic E-state index is 0.107. The van der Waals surface area contributed by atoms with Crippen LogP contribution in [0.3, 0.4) is 0 Å². The Morgan fingerprint density at radius 1 is 1.17 bits per heavy atom. The van der Waals surface area contributed by atoms with Crippen molar-refractivity contribution < 1.29 is 9.59 Å². The third kappa shape index (κ3) is 4.88. The lowest BCUT2D eigenvalue weighted by Gasteiger charge is -2.10. The average molecular weight is 422 g/mol. The van der Waals surface area contributed by atoms with Crippen LogP contribution in [0.25, 0.3) is 5.69 Å². The molecule has 0 spiro atoms. The van der Waals surface area contributed by atoms with Crippen molar-refractivity contribution in [2.24, 2.45) is 0 Å². The summed E-state index contributed by atoms with van der Waals surface area (Å²) in [5.74, 6) is -0.0956. The lowest BCUT2D eigenvalue weighted by Crippen LogP contribution is -2.25. The van der Waals surface area contributed by atoms with E-state index in [1.165, 1.54) is 17.3 Å². The molecule has 1 aliphatic rings. The van der Waals surface area contributed by atoms with E-state index in [1.807, 2.05) is 30.5 Å².